The Labute approximate surface area is 189 Å². The molecule has 8 nitrogen and oxygen atoms in total. The van der Waals surface area contributed by atoms with E-state index in [9.17, 15) is 10.1 Å². The number of methoxy groups -OCH3 is 1. The van der Waals surface area contributed by atoms with Gasteiger partial charge in [-0.15, -0.1) is 11.3 Å². The fraction of sp³-hybridized carbons (Fsp3) is 0.217. The Morgan fingerprint density at radius 2 is 2.03 bits per heavy atom. The molecule has 0 spiro atoms. The Bertz CT molecular complexity index is 1380. The molecule has 162 valence electrons. The summed E-state index contributed by atoms with van der Waals surface area (Å²) in [7, 11) is 1.59. The quantitative estimate of drug-likeness (QED) is 0.473. The molecule has 3 heterocycles. The van der Waals surface area contributed by atoms with Crippen LogP contribution in [0.1, 0.15) is 34.1 Å². The molecule has 0 bridgehead atoms. The zero-order chi connectivity index (χ0) is 22.8. The van der Waals surface area contributed by atoms with Crippen molar-refractivity contribution in [3.05, 3.63) is 80.4 Å². The highest BCUT2D eigenvalue weighted by Gasteiger charge is 2.17. The van der Waals surface area contributed by atoms with Crippen molar-refractivity contribution < 1.29 is 4.74 Å². The monoisotopic (exact) mass is 446 g/mol. The summed E-state index contributed by atoms with van der Waals surface area (Å²) in [5.41, 5.74) is 2.49. The predicted octanol–water partition coefficient (Wildman–Crippen LogP) is 4.34. The number of hydrogen-bond donors (Lipinski definition) is 1. The lowest BCUT2D eigenvalue weighted by Gasteiger charge is -2.16. The molecule has 0 radical (unpaired) electrons. The highest BCUT2D eigenvalue weighted by atomic mass is 32.1. The van der Waals surface area contributed by atoms with Crippen LogP contribution in [-0.4, -0.2) is 26.4 Å². The van der Waals surface area contributed by atoms with Gasteiger partial charge >= 0.3 is 0 Å². The van der Waals surface area contributed by atoms with Gasteiger partial charge in [0, 0.05) is 33.8 Å². The van der Waals surface area contributed by atoms with E-state index in [1.807, 2.05) is 61.9 Å². The normalized spacial score (nSPS) is 11.7. The maximum atomic E-state index is 13.2. The van der Waals surface area contributed by atoms with Crippen molar-refractivity contribution in [3.8, 4) is 17.5 Å². The van der Waals surface area contributed by atoms with Crippen LogP contribution in [0.2, 0.25) is 0 Å². The van der Waals surface area contributed by atoms with E-state index >= 15 is 0 Å². The zero-order valence-electron chi connectivity index (χ0n) is 18.2. The number of hydrogen-bond acceptors (Lipinski definition) is 7. The van der Waals surface area contributed by atoms with Gasteiger partial charge in [0.05, 0.1) is 30.9 Å². The zero-order valence-corrected chi connectivity index (χ0v) is 19.0. The van der Waals surface area contributed by atoms with Crippen molar-refractivity contribution in [1.82, 2.24) is 19.3 Å². The summed E-state index contributed by atoms with van der Waals surface area (Å²) in [6, 6.07) is 12.7. The maximum Gasteiger partial charge on any atom is 0.291 e. The van der Waals surface area contributed by atoms with Crippen molar-refractivity contribution in [1.29, 1.82) is 5.26 Å². The summed E-state index contributed by atoms with van der Waals surface area (Å²) in [5.74, 6) is 0.615. The third kappa shape index (κ3) is 4.13. The van der Waals surface area contributed by atoms with Crippen LogP contribution in [0.4, 0.5) is 11.4 Å². The van der Waals surface area contributed by atoms with Gasteiger partial charge in [0.25, 0.3) is 5.56 Å². The van der Waals surface area contributed by atoms with E-state index in [4.69, 9.17) is 4.74 Å². The Kier molecular flexibility index (Phi) is 5.79. The van der Waals surface area contributed by atoms with Crippen LogP contribution in [0.5, 0.6) is 5.75 Å². The third-order valence-corrected chi connectivity index (χ3v) is 6.21. The number of nitriles is 1. The van der Waals surface area contributed by atoms with E-state index in [1.54, 1.807) is 30.8 Å². The van der Waals surface area contributed by atoms with Gasteiger partial charge in [-0.1, -0.05) is 0 Å². The van der Waals surface area contributed by atoms with Crippen LogP contribution in [-0.2, 0) is 0 Å². The maximum absolute atomic E-state index is 13.2. The van der Waals surface area contributed by atoms with Gasteiger partial charge in [-0.3, -0.25) is 4.79 Å². The Morgan fingerprint density at radius 1 is 1.22 bits per heavy atom. The molecule has 0 fully saturated rings. The number of rotatable bonds is 6. The molecule has 0 unspecified atom stereocenters. The number of thiophene rings is 1. The molecule has 0 saturated heterocycles. The number of nitrogens with one attached hydrogen (secondary N) is 1. The highest BCUT2D eigenvalue weighted by molar-refractivity contribution is 7.12. The van der Waals surface area contributed by atoms with E-state index < -0.39 is 0 Å². The first-order chi connectivity index (χ1) is 15.4. The van der Waals surface area contributed by atoms with E-state index in [1.165, 1.54) is 10.7 Å². The summed E-state index contributed by atoms with van der Waals surface area (Å²) >= 11 is 1.60. The first kappa shape index (κ1) is 21.3. The summed E-state index contributed by atoms with van der Waals surface area (Å²) in [6.45, 7) is 5.83. The fourth-order valence-corrected chi connectivity index (χ4v) is 4.31. The molecule has 3 aromatic heterocycles. The Balaban J connectivity index is 1.71. The summed E-state index contributed by atoms with van der Waals surface area (Å²) in [6.07, 6.45) is 3.62. The standard InChI is InChI=1S/C23H22N6O2S/c1-14-12-28(13-25-14)20-7-6-17(10-21(20)31-4)26-19-9-18(11-24)27-29(23(19)30)16(3)22-8-5-15(2)32-22/h5-10,12-13,16,26H,1-4H3/t16-/m0/s1. The molecular formula is C23H22N6O2S. The van der Waals surface area contributed by atoms with Crippen molar-refractivity contribution in [2.24, 2.45) is 0 Å². The van der Waals surface area contributed by atoms with Crippen molar-refractivity contribution in [2.75, 3.05) is 12.4 Å². The molecule has 0 amide bonds. The van der Waals surface area contributed by atoms with Gasteiger partial charge in [0.1, 0.15) is 17.5 Å². The van der Waals surface area contributed by atoms with Gasteiger partial charge in [-0.2, -0.15) is 10.4 Å². The van der Waals surface area contributed by atoms with E-state index in [0.29, 0.717) is 11.4 Å². The molecule has 0 aliphatic heterocycles. The number of imidazole rings is 1. The first-order valence-corrected chi connectivity index (χ1v) is 10.8. The van der Waals surface area contributed by atoms with Gasteiger partial charge < -0.3 is 14.6 Å². The summed E-state index contributed by atoms with van der Waals surface area (Å²) in [4.78, 5) is 19.6. The second-order valence-electron chi connectivity index (χ2n) is 7.36. The molecule has 4 rings (SSSR count). The average molecular weight is 447 g/mol. The number of aryl methyl sites for hydroxylation is 2. The number of benzene rings is 1. The molecule has 4 aromatic rings. The summed E-state index contributed by atoms with van der Waals surface area (Å²) in [5, 5.41) is 16.8. The predicted molar refractivity (Wildman–Crippen MR) is 124 cm³/mol. The van der Waals surface area contributed by atoms with Gasteiger partial charge in [-0.05, 0) is 45.0 Å². The number of ether oxygens (including phenoxy) is 1. The molecule has 0 saturated carbocycles. The largest absolute Gasteiger partial charge is 0.494 e. The average Bonchev–Trinajstić information content (AvgIpc) is 3.42. The molecular weight excluding hydrogens is 424 g/mol. The molecule has 0 aliphatic carbocycles. The smallest absolute Gasteiger partial charge is 0.291 e. The van der Waals surface area contributed by atoms with Crippen LogP contribution in [0.15, 0.2) is 53.7 Å². The first-order valence-electron chi connectivity index (χ1n) is 9.96. The Morgan fingerprint density at radius 3 is 2.66 bits per heavy atom. The highest BCUT2D eigenvalue weighted by Crippen LogP contribution is 2.29. The SMILES string of the molecule is COc1cc(Nc2cc(C#N)nn([C@@H](C)c3ccc(C)s3)c2=O)ccc1-n1cnc(C)c1. The Hall–Kier alpha value is -3.90. The second-order valence-corrected chi connectivity index (χ2v) is 8.68. The molecule has 1 atom stereocenters. The molecule has 1 aromatic carbocycles. The molecule has 1 N–H and O–H groups in total. The number of anilines is 2. The minimum Gasteiger partial charge on any atom is -0.494 e. The van der Waals surface area contributed by atoms with E-state index in [2.05, 4.69) is 15.4 Å². The van der Waals surface area contributed by atoms with Gasteiger partial charge in [0.15, 0.2) is 5.69 Å². The fourth-order valence-electron chi connectivity index (χ4n) is 3.39. The lowest BCUT2D eigenvalue weighted by atomic mass is 10.2. The topological polar surface area (TPSA) is 97.8 Å². The minimum atomic E-state index is -0.309. The molecule has 32 heavy (non-hydrogen) atoms. The second kappa shape index (κ2) is 8.69. The number of nitrogens with zero attached hydrogens (tertiary/aromatic N) is 5. The van der Waals surface area contributed by atoms with Crippen molar-refractivity contribution in [2.45, 2.75) is 26.8 Å². The molecule has 0 aliphatic rings. The van der Waals surface area contributed by atoms with Crippen LogP contribution < -0.4 is 15.6 Å². The van der Waals surface area contributed by atoms with Crippen LogP contribution in [0, 0.1) is 25.2 Å². The third-order valence-electron chi connectivity index (χ3n) is 5.04. The van der Waals surface area contributed by atoms with Gasteiger partial charge in [-0.25, -0.2) is 9.67 Å². The van der Waals surface area contributed by atoms with Crippen molar-refractivity contribution >= 4 is 22.7 Å². The van der Waals surface area contributed by atoms with Crippen LogP contribution in [0.3, 0.4) is 0 Å². The van der Waals surface area contributed by atoms with Crippen LogP contribution >= 0.6 is 11.3 Å². The van der Waals surface area contributed by atoms with E-state index in [-0.39, 0.29) is 23.0 Å². The number of aromatic nitrogens is 4. The minimum absolute atomic E-state index is 0.157. The van der Waals surface area contributed by atoms with Crippen molar-refractivity contribution in [3.63, 3.8) is 0 Å². The molecule has 9 heteroatoms. The van der Waals surface area contributed by atoms with Gasteiger partial charge in [0.2, 0.25) is 0 Å². The van der Waals surface area contributed by atoms with E-state index in [0.717, 1.165) is 21.1 Å². The van der Waals surface area contributed by atoms with Crippen LogP contribution in [0.25, 0.3) is 5.69 Å². The summed E-state index contributed by atoms with van der Waals surface area (Å²) < 4.78 is 8.77. The lowest BCUT2D eigenvalue weighted by molar-refractivity contribution is 0.413. The lowest BCUT2D eigenvalue weighted by Crippen LogP contribution is -2.28.